The maximum atomic E-state index is 14.8. The first-order chi connectivity index (χ1) is 14.1. The van der Waals surface area contributed by atoms with E-state index in [1.54, 1.807) is 12.2 Å². The summed E-state index contributed by atoms with van der Waals surface area (Å²) in [7, 11) is 0. The summed E-state index contributed by atoms with van der Waals surface area (Å²) in [4.78, 5) is 0. The van der Waals surface area contributed by atoms with Crippen LogP contribution < -0.4 is 4.74 Å². The standard InChI is InChI=1S/C26H32F2O/c1-3-5-12-29-26-24(27)16-22-15-21(10-11-23(22)25(26)28)20-9-8-18-13-17(4-2)6-7-19(18)14-20/h3,5,10-11,15-20H,4,6-9,12-14H2,1-2H3. The van der Waals surface area contributed by atoms with E-state index in [2.05, 4.69) is 6.92 Å². The van der Waals surface area contributed by atoms with Gasteiger partial charge in [-0.3, -0.25) is 0 Å². The Balaban J connectivity index is 1.54. The molecule has 0 heterocycles. The minimum absolute atomic E-state index is 0.164. The molecule has 4 rings (SSSR count). The Bertz CT molecular complexity index is 888. The van der Waals surface area contributed by atoms with Crippen molar-refractivity contribution in [2.45, 2.75) is 64.7 Å². The van der Waals surface area contributed by atoms with Crippen molar-refractivity contribution in [2.24, 2.45) is 17.8 Å². The van der Waals surface area contributed by atoms with Gasteiger partial charge in [0, 0.05) is 5.39 Å². The van der Waals surface area contributed by atoms with Gasteiger partial charge in [0.25, 0.3) is 0 Å². The van der Waals surface area contributed by atoms with Crippen LogP contribution in [0.5, 0.6) is 5.75 Å². The summed E-state index contributed by atoms with van der Waals surface area (Å²) in [5, 5.41) is 1.07. The van der Waals surface area contributed by atoms with Crippen LogP contribution in [0.1, 0.15) is 70.3 Å². The first-order valence-electron chi connectivity index (χ1n) is 11.3. The van der Waals surface area contributed by atoms with Crippen LogP contribution in [-0.2, 0) is 0 Å². The van der Waals surface area contributed by atoms with E-state index in [1.165, 1.54) is 56.6 Å². The molecule has 0 saturated heterocycles. The minimum atomic E-state index is -0.627. The number of ether oxygens (including phenoxy) is 1. The van der Waals surface area contributed by atoms with Crippen LogP contribution >= 0.6 is 0 Å². The highest BCUT2D eigenvalue weighted by Gasteiger charge is 2.35. The Morgan fingerprint density at radius 2 is 1.83 bits per heavy atom. The molecule has 2 aromatic carbocycles. The number of halogens is 2. The summed E-state index contributed by atoms with van der Waals surface area (Å²) >= 11 is 0. The second kappa shape index (κ2) is 8.85. The highest BCUT2D eigenvalue weighted by Crippen LogP contribution is 2.48. The zero-order valence-corrected chi connectivity index (χ0v) is 17.6. The van der Waals surface area contributed by atoms with Gasteiger partial charge in [-0.1, -0.05) is 50.1 Å². The number of hydrogen-bond donors (Lipinski definition) is 0. The fourth-order valence-corrected chi connectivity index (χ4v) is 5.60. The molecule has 0 aliphatic heterocycles. The number of rotatable bonds is 5. The zero-order chi connectivity index (χ0) is 20.4. The lowest BCUT2D eigenvalue weighted by atomic mass is 9.63. The quantitative estimate of drug-likeness (QED) is 0.467. The molecular formula is C26H32F2O. The van der Waals surface area contributed by atoms with E-state index in [9.17, 15) is 8.78 Å². The number of allylic oxidation sites excluding steroid dienone is 1. The van der Waals surface area contributed by atoms with Crippen molar-refractivity contribution in [3.8, 4) is 5.75 Å². The normalized spacial score (nSPS) is 27.3. The summed E-state index contributed by atoms with van der Waals surface area (Å²) in [6.45, 7) is 4.33. The number of benzene rings is 2. The Morgan fingerprint density at radius 3 is 2.62 bits per heavy atom. The van der Waals surface area contributed by atoms with Crippen molar-refractivity contribution >= 4 is 10.8 Å². The third-order valence-electron chi connectivity index (χ3n) is 7.34. The highest BCUT2D eigenvalue weighted by atomic mass is 19.1. The Hall–Kier alpha value is -1.90. The van der Waals surface area contributed by atoms with Crippen molar-refractivity contribution in [3.63, 3.8) is 0 Å². The van der Waals surface area contributed by atoms with Gasteiger partial charge in [-0.25, -0.2) is 8.78 Å². The van der Waals surface area contributed by atoms with Gasteiger partial charge in [-0.05, 0) is 79.7 Å². The van der Waals surface area contributed by atoms with Crippen LogP contribution in [0, 0.1) is 29.4 Å². The van der Waals surface area contributed by atoms with Crippen LogP contribution in [0.4, 0.5) is 8.78 Å². The molecule has 2 saturated carbocycles. The van der Waals surface area contributed by atoms with E-state index in [1.807, 2.05) is 25.1 Å². The molecule has 0 amide bonds. The maximum Gasteiger partial charge on any atom is 0.191 e. The lowest BCUT2D eigenvalue weighted by Crippen LogP contribution is -2.30. The lowest BCUT2D eigenvalue weighted by molar-refractivity contribution is 0.116. The minimum Gasteiger partial charge on any atom is -0.483 e. The molecule has 156 valence electrons. The van der Waals surface area contributed by atoms with Crippen molar-refractivity contribution in [1.29, 1.82) is 0 Å². The van der Waals surface area contributed by atoms with E-state index in [4.69, 9.17) is 4.74 Å². The van der Waals surface area contributed by atoms with Crippen LogP contribution in [0.3, 0.4) is 0 Å². The molecule has 2 aromatic rings. The molecule has 4 atom stereocenters. The molecule has 0 aromatic heterocycles. The predicted molar refractivity (Wildman–Crippen MR) is 115 cm³/mol. The second-order valence-electron chi connectivity index (χ2n) is 8.98. The summed E-state index contributed by atoms with van der Waals surface area (Å²) in [5.41, 5.74) is 1.23. The van der Waals surface area contributed by atoms with Gasteiger partial charge in [0.05, 0.1) is 0 Å². The van der Waals surface area contributed by atoms with Crippen LogP contribution in [0.25, 0.3) is 10.8 Å². The molecular weight excluding hydrogens is 366 g/mol. The molecule has 2 aliphatic carbocycles. The fraction of sp³-hybridized carbons (Fsp3) is 0.538. The third-order valence-corrected chi connectivity index (χ3v) is 7.34. The molecule has 2 fully saturated rings. The molecule has 29 heavy (non-hydrogen) atoms. The van der Waals surface area contributed by atoms with Crippen molar-refractivity contribution in [2.75, 3.05) is 6.61 Å². The SMILES string of the molecule is CC=CCOc1c(F)cc2cc(C3CCC4CC(CC)CCC4C3)ccc2c1F. The molecule has 0 spiro atoms. The smallest absolute Gasteiger partial charge is 0.191 e. The van der Waals surface area contributed by atoms with Crippen molar-refractivity contribution in [3.05, 3.63) is 53.6 Å². The van der Waals surface area contributed by atoms with Gasteiger partial charge in [0.1, 0.15) is 6.61 Å². The number of hydrogen-bond acceptors (Lipinski definition) is 1. The third kappa shape index (κ3) is 4.20. The van der Waals surface area contributed by atoms with Crippen LogP contribution in [0.15, 0.2) is 36.4 Å². The highest BCUT2D eigenvalue weighted by molar-refractivity contribution is 5.85. The second-order valence-corrected chi connectivity index (χ2v) is 8.98. The zero-order valence-electron chi connectivity index (χ0n) is 17.6. The molecule has 0 N–H and O–H groups in total. The van der Waals surface area contributed by atoms with Gasteiger partial charge in [0.2, 0.25) is 0 Å². The Morgan fingerprint density at radius 1 is 1.03 bits per heavy atom. The Labute approximate surface area is 173 Å². The molecule has 3 heteroatoms. The monoisotopic (exact) mass is 398 g/mol. The summed E-state index contributed by atoms with van der Waals surface area (Å²) in [6, 6.07) is 7.27. The maximum absolute atomic E-state index is 14.8. The molecule has 0 bridgehead atoms. The van der Waals surface area contributed by atoms with E-state index in [-0.39, 0.29) is 12.4 Å². The number of fused-ring (bicyclic) bond motifs is 2. The average molecular weight is 399 g/mol. The van der Waals surface area contributed by atoms with Gasteiger partial charge in [-0.2, -0.15) is 0 Å². The summed E-state index contributed by atoms with van der Waals surface area (Å²) in [6.07, 6.45) is 12.7. The molecule has 0 radical (unpaired) electrons. The van der Waals surface area contributed by atoms with Gasteiger partial charge < -0.3 is 4.74 Å². The van der Waals surface area contributed by atoms with Gasteiger partial charge in [0.15, 0.2) is 17.4 Å². The van der Waals surface area contributed by atoms with Crippen LogP contribution in [-0.4, -0.2) is 6.61 Å². The summed E-state index contributed by atoms with van der Waals surface area (Å²) in [5.74, 6) is 1.63. The van der Waals surface area contributed by atoms with E-state index < -0.39 is 11.6 Å². The molecule has 4 unspecified atom stereocenters. The largest absolute Gasteiger partial charge is 0.483 e. The van der Waals surface area contributed by atoms with Crippen LogP contribution in [0.2, 0.25) is 0 Å². The van der Waals surface area contributed by atoms with E-state index >= 15 is 0 Å². The topological polar surface area (TPSA) is 9.23 Å². The van der Waals surface area contributed by atoms with E-state index in [0.29, 0.717) is 16.7 Å². The van der Waals surface area contributed by atoms with Crippen molar-refractivity contribution < 1.29 is 13.5 Å². The Kier molecular flexibility index (Phi) is 6.22. The first-order valence-corrected chi connectivity index (χ1v) is 11.3. The summed E-state index contributed by atoms with van der Waals surface area (Å²) < 4.78 is 34.6. The lowest BCUT2D eigenvalue weighted by Gasteiger charge is -2.42. The van der Waals surface area contributed by atoms with E-state index in [0.717, 1.165) is 17.8 Å². The molecule has 2 aliphatic rings. The van der Waals surface area contributed by atoms with Gasteiger partial charge >= 0.3 is 0 Å². The van der Waals surface area contributed by atoms with Gasteiger partial charge in [-0.15, -0.1) is 0 Å². The molecule has 1 nitrogen and oxygen atoms in total. The predicted octanol–water partition coefficient (Wildman–Crippen LogP) is 7.78. The van der Waals surface area contributed by atoms with Crippen molar-refractivity contribution in [1.82, 2.24) is 0 Å². The first kappa shape index (κ1) is 20.4. The fourth-order valence-electron chi connectivity index (χ4n) is 5.60. The average Bonchev–Trinajstić information content (AvgIpc) is 2.75.